The van der Waals surface area contributed by atoms with Crippen LogP contribution in [0.3, 0.4) is 0 Å². The second-order valence-electron chi connectivity index (χ2n) is 8.42. The third kappa shape index (κ3) is 4.41. The number of pyridine rings is 1. The molecule has 0 spiro atoms. The van der Waals surface area contributed by atoms with Crippen molar-refractivity contribution in [2.24, 2.45) is 0 Å². The highest BCUT2D eigenvalue weighted by molar-refractivity contribution is 7.15. The molecule has 32 heavy (non-hydrogen) atoms. The normalized spacial score (nSPS) is 16.8. The van der Waals surface area contributed by atoms with Crippen LogP contribution in [0.1, 0.15) is 41.4 Å². The van der Waals surface area contributed by atoms with Crippen molar-refractivity contribution in [2.75, 3.05) is 18.5 Å². The summed E-state index contributed by atoms with van der Waals surface area (Å²) in [6.07, 6.45) is 7.22. The molecular weight excluding hydrogens is 418 g/mol. The molecule has 7 heteroatoms. The molecule has 3 aromatic heterocycles. The molecule has 166 valence electrons. The van der Waals surface area contributed by atoms with Crippen LogP contribution in [-0.2, 0) is 13.1 Å². The Kier molecular flexibility index (Phi) is 6.21. The Hall–Kier alpha value is -2.74. The van der Waals surface area contributed by atoms with E-state index in [2.05, 4.69) is 69.3 Å². The van der Waals surface area contributed by atoms with Gasteiger partial charge >= 0.3 is 0 Å². The molecule has 1 fully saturated rings. The van der Waals surface area contributed by atoms with Crippen molar-refractivity contribution >= 4 is 33.2 Å². The number of nitrogens with one attached hydrogen (secondary N) is 1. The third-order valence-electron chi connectivity index (χ3n) is 6.13. The zero-order chi connectivity index (χ0) is 21.9. The average molecular weight is 448 g/mol. The molecule has 1 aliphatic heterocycles. The van der Waals surface area contributed by atoms with Crippen LogP contribution in [0.5, 0.6) is 0 Å². The van der Waals surface area contributed by atoms with Crippen LogP contribution < -0.4 is 5.32 Å². The van der Waals surface area contributed by atoms with Crippen LogP contribution in [-0.4, -0.2) is 37.7 Å². The maximum Gasteiger partial charge on any atom is 0.188 e. The lowest BCUT2D eigenvalue weighted by atomic mass is 10.1. The fraction of sp³-hybridized carbons (Fsp3) is 0.360. The van der Waals surface area contributed by atoms with E-state index in [-0.39, 0.29) is 6.61 Å². The summed E-state index contributed by atoms with van der Waals surface area (Å²) >= 11 is 1.64. The molecule has 0 saturated carbocycles. The van der Waals surface area contributed by atoms with Crippen molar-refractivity contribution in [3.8, 4) is 0 Å². The summed E-state index contributed by atoms with van der Waals surface area (Å²) in [5.41, 5.74) is 3.71. The molecule has 1 aromatic carbocycles. The van der Waals surface area contributed by atoms with Crippen molar-refractivity contribution in [1.29, 1.82) is 0 Å². The van der Waals surface area contributed by atoms with Crippen LogP contribution in [0.2, 0.25) is 0 Å². The van der Waals surface area contributed by atoms with Crippen molar-refractivity contribution in [3.05, 3.63) is 71.0 Å². The van der Waals surface area contributed by atoms with Crippen molar-refractivity contribution in [3.63, 3.8) is 0 Å². The Morgan fingerprint density at radius 3 is 2.94 bits per heavy atom. The number of likely N-dealkylation sites (tertiary alicyclic amines) is 1. The van der Waals surface area contributed by atoms with Gasteiger partial charge in [0.25, 0.3) is 0 Å². The number of nitrogens with zero attached hydrogens (tertiary/aromatic N) is 4. The number of hydrogen-bond donors (Lipinski definition) is 2. The number of aromatic nitrogens is 3. The van der Waals surface area contributed by atoms with E-state index in [1.165, 1.54) is 27.8 Å². The highest BCUT2D eigenvalue weighted by Gasteiger charge is 2.28. The molecule has 2 N–H and O–H groups in total. The van der Waals surface area contributed by atoms with E-state index in [0.29, 0.717) is 6.04 Å². The van der Waals surface area contributed by atoms with Gasteiger partial charge in [-0.25, -0.2) is 9.97 Å². The molecular formula is C25H29N5OS. The number of anilines is 2. The highest BCUT2D eigenvalue weighted by Crippen LogP contribution is 2.34. The van der Waals surface area contributed by atoms with Gasteiger partial charge in [0.05, 0.1) is 11.7 Å². The van der Waals surface area contributed by atoms with Gasteiger partial charge in [-0.15, -0.1) is 11.3 Å². The van der Waals surface area contributed by atoms with E-state index in [1.807, 2.05) is 12.3 Å². The van der Waals surface area contributed by atoms with Gasteiger partial charge in [-0.05, 0) is 56.5 Å². The third-order valence-corrected chi connectivity index (χ3v) is 6.96. The van der Waals surface area contributed by atoms with E-state index in [4.69, 9.17) is 4.98 Å². The van der Waals surface area contributed by atoms with Crippen molar-refractivity contribution in [2.45, 2.75) is 45.3 Å². The average Bonchev–Trinajstić information content (AvgIpc) is 3.52. The highest BCUT2D eigenvalue weighted by atomic mass is 32.1. The van der Waals surface area contributed by atoms with Gasteiger partial charge in [0.1, 0.15) is 5.82 Å². The predicted molar refractivity (Wildman–Crippen MR) is 130 cm³/mol. The molecule has 0 radical (unpaired) electrons. The molecule has 1 atom stereocenters. The second-order valence-corrected chi connectivity index (χ2v) is 9.65. The van der Waals surface area contributed by atoms with Crippen LogP contribution in [0.25, 0.3) is 10.9 Å². The SMILES string of the molecule is Cc1cnc(Nc2cccc([C@H]3CCCN3Cc3cn(CCCO)c4ccccc34)n2)s1. The van der Waals surface area contributed by atoms with Crippen molar-refractivity contribution < 1.29 is 5.11 Å². The number of fused-ring (bicyclic) bond motifs is 1. The summed E-state index contributed by atoms with van der Waals surface area (Å²) in [4.78, 5) is 13.1. The first-order valence-electron chi connectivity index (χ1n) is 11.3. The van der Waals surface area contributed by atoms with Gasteiger partial charge in [-0.2, -0.15) is 0 Å². The lowest BCUT2D eigenvalue weighted by Gasteiger charge is -2.24. The minimum atomic E-state index is 0.215. The second kappa shape index (κ2) is 9.40. The largest absolute Gasteiger partial charge is 0.396 e. The molecule has 5 rings (SSSR count). The Bertz CT molecular complexity index is 1200. The maximum atomic E-state index is 9.28. The van der Waals surface area contributed by atoms with E-state index in [0.717, 1.165) is 49.1 Å². The summed E-state index contributed by atoms with van der Waals surface area (Å²) in [5, 5.41) is 14.8. The summed E-state index contributed by atoms with van der Waals surface area (Å²) in [6, 6.07) is 15.1. The van der Waals surface area contributed by atoms with E-state index in [1.54, 1.807) is 11.3 Å². The number of aliphatic hydroxyl groups excluding tert-OH is 1. The van der Waals surface area contributed by atoms with Gasteiger partial charge in [-0.3, -0.25) is 4.90 Å². The molecule has 4 heterocycles. The smallest absolute Gasteiger partial charge is 0.188 e. The zero-order valence-corrected chi connectivity index (χ0v) is 19.2. The molecule has 0 aliphatic carbocycles. The van der Waals surface area contributed by atoms with E-state index < -0.39 is 0 Å². The number of rotatable bonds is 8. The number of hydrogen-bond acceptors (Lipinski definition) is 6. The Balaban J connectivity index is 1.37. The number of thiazole rings is 1. The van der Waals surface area contributed by atoms with Crippen LogP contribution in [0.15, 0.2) is 54.9 Å². The van der Waals surface area contributed by atoms with Crippen LogP contribution in [0.4, 0.5) is 10.9 Å². The number of benzene rings is 1. The standard InChI is InChI=1S/C25H29N5OS/c1-18-15-26-25(32-18)28-24-11-4-8-21(27-24)23-10-5-12-30(23)17-19-16-29(13-6-14-31)22-9-3-2-7-20(19)22/h2-4,7-9,11,15-16,23,31H,5-6,10,12-14,17H2,1H3,(H,26,27,28)/t23-/m1/s1. The summed E-state index contributed by atoms with van der Waals surface area (Å²) in [5.74, 6) is 0.851. The first-order valence-corrected chi connectivity index (χ1v) is 12.1. The zero-order valence-electron chi connectivity index (χ0n) is 18.4. The van der Waals surface area contributed by atoms with Gasteiger partial charge in [0.2, 0.25) is 0 Å². The lowest BCUT2D eigenvalue weighted by Crippen LogP contribution is -2.23. The fourth-order valence-electron chi connectivity index (χ4n) is 4.67. The van der Waals surface area contributed by atoms with Gasteiger partial charge in [-0.1, -0.05) is 24.3 Å². The molecule has 0 bridgehead atoms. The maximum absolute atomic E-state index is 9.28. The van der Waals surface area contributed by atoms with Gasteiger partial charge < -0.3 is 15.0 Å². The Labute approximate surface area is 192 Å². The molecule has 1 saturated heterocycles. The summed E-state index contributed by atoms with van der Waals surface area (Å²) < 4.78 is 2.28. The minimum absolute atomic E-state index is 0.215. The fourth-order valence-corrected chi connectivity index (χ4v) is 5.34. The van der Waals surface area contributed by atoms with E-state index in [9.17, 15) is 5.11 Å². The van der Waals surface area contributed by atoms with Gasteiger partial charge in [0.15, 0.2) is 5.13 Å². The van der Waals surface area contributed by atoms with Crippen LogP contribution >= 0.6 is 11.3 Å². The number of aliphatic hydroxyl groups is 1. The van der Waals surface area contributed by atoms with E-state index >= 15 is 0 Å². The summed E-state index contributed by atoms with van der Waals surface area (Å²) in [7, 11) is 0. The molecule has 1 aliphatic rings. The van der Waals surface area contributed by atoms with Gasteiger partial charge in [0, 0.05) is 47.9 Å². The number of para-hydroxylation sites is 1. The first kappa shape index (κ1) is 21.1. The Morgan fingerprint density at radius 2 is 2.09 bits per heavy atom. The van der Waals surface area contributed by atoms with Crippen LogP contribution in [0, 0.1) is 6.92 Å². The lowest BCUT2D eigenvalue weighted by molar-refractivity contribution is 0.245. The molecule has 0 amide bonds. The predicted octanol–water partition coefficient (Wildman–Crippen LogP) is 5.26. The minimum Gasteiger partial charge on any atom is -0.396 e. The Morgan fingerprint density at radius 1 is 1.19 bits per heavy atom. The summed E-state index contributed by atoms with van der Waals surface area (Å²) in [6.45, 7) is 5.09. The number of aryl methyl sites for hydroxylation is 2. The quantitative estimate of drug-likeness (QED) is 0.385. The van der Waals surface area contributed by atoms with Crippen molar-refractivity contribution in [1.82, 2.24) is 19.4 Å². The molecule has 6 nitrogen and oxygen atoms in total. The monoisotopic (exact) mass is 447 g/mol. The first-order chi connectivity index (χ1) is 15.7. The topological polar surface area (TPSA) is 66.2 Å². The molecule has 4 aromatic rings. The molecule has 0 unspecified atom stereocenters.